The topological polar surface area (TPSA) is 37.3 Å². The number of benzene rings is 2. The smallest absolute Gasteiger partial charge is 0.307 e. The maximum Gasteiger partial charge on any atom is 0.307 e. The number of hydrogen-bond acceptors (Lipinski definition) is 2. The molecule has 21 heavy (non-hydrogen) atoms. The summed E-state index contributed by atoms with van der Waals surface area (Å²) >= 11 is 1.75. The van der Waals surface area contributed by atoms with Crippen molar-refractivity contribution in [2.45, 2.75) is 42.2 Å². The van der Waals surface area contributed by atoms with Gasteiger partial charge in [-0.25, -0.2) is 0 Å². The number of hydrogen-bond donors (Lipinski definition) is 1. The summed E-state index contributed by atoms with van der Waals surface area (Å²) in [6, 6.07) is 14.7. The summed E-state index contributed by atoms with van der Waals surface area (Å²) in [4.78, 5) is 12.7. The fourth-order valence-electron chi connectivity index (χ4n) is 3.11. The van der Waals surface area contributed by atoms with E-state index in [1.54, 1.807) is 11.8 Å². The lowest BCUT2D eigenvalue weighted by molar-refractivity contribution is -0.141. The Morgan fingerprint density at radius 3 is 2.57 bits per heavy atom. The van der Waals surface area contributed by atoms with E-state index in [4.69, 9.17) is 0 Å². The molecule has 0 heterocycles. The molecule has 1 aliphatic carbocycles. The second-order valence-corrected chi connectivity index (χ2v) is 7.06. The van der Waals surface area contributed by atoms with Crippen LogP contribution in [0.25, 0.3) is 10.8 Å². The van der Waals surface area contributed by atoms with Gasteiger partial charge in [-0.2, -0.15) is 0 Å². The summed E-state index contributed by atoms with van der Waals surface area (Å²) in [6.07, 6.45) is 5.19. The molecule has 1 aliphatic rings. The van der Waals surface area contributed by atoms with E-state index in [9.17, 15) is 9.90 Å². The lowest BCUT2D eigenvalue weighted by Gasteiger charge is -2.21. The van der Waals surface area contributed by atoms with Crippen LogP contribution in [0.15, 0.2) is 47.4 Å². The van der Waals surface area contributed by atoms with Gasteiger partial charge in [0.15, 0.2) is 0 Å². The molecule has 110 valence electrons. The minimum atomic E-state index is -0.629. The van der Waals surface area contributed by atoms with Crippen LogP contribution in [0.5, 0.6) is 0 Å². The van der Waals surface area contributed by atoms with Gasteiger partial charge in [0.2, 0.25) is 0 Å². The molecule has 0 spiro atoms. The number of carbonyl (C=O) groups is 1. The van der Waals surface area contributed by atoms with Crippen LogP contribution in [0.1, 0.15) is 32.1 Å². The molecule has 0 bridgehead atoms. The zero-order valence-corrected chi connectivity index (χ0v) is 12.8. The van der Waals surface area contributed by atoms with Gasteiger partial charge in [0.05, 0.1) is 5.92 Å². The van der Waals surface area contributed by atoms with E-state index in [-0.39, 0.29) is 11.2 Å². The van der Waals surface area contributed by atoms with Crippen LogP contribution in [0.3, 0.4) is 0 Å². The van der Waals surface area contributed by atoms with Crippen molar-refractivity contribution in [1.82, 2.24) is 0 Å². The van der Waals surface area contributed by atoms with Gasteiger partial charge in [-0.1, -0.05) is 49.6 Å². The monoisotopic (exact) mass is 300 g/mol. The molecular formula is C18H20O2S. The molecule has 3 heteroatoms. The Bertz CT molecular complexity index is 638. The first-order chi connectivity index (χ1) is 10.2. The van der Waals surface area contributed by atoms with Gasteiger partial charge >= 0.3 is 5.97 Å². The third-order valence-electron chi connectivity index (χ3n) is 4.28. The summed E-state index contributed by atoms with van der Waals surface area (Å²) in [5.74, 6) is -0.834. The zero-order chi connectivity index (χ0) is 14.7. The number of thioether (sulfide) groups is 1. The summed E-state index contributed by atoms with van der Waals surface area (Å²) in [5.41, 5.74) is 0. The molecule has 0 aromatic heterocycles. The van der Waals surface area contributed by atoms with Gasteiger partial charge in [-0.05, 0) is 35.7 Å². The molecule has 0 aliphatic heterocycles. The van der Waals surface area contributed by atoms with Gasteiger partial charge in [-0.15, -0.1) is 11.8 Å². The van der Waals surface area contributed by atoms with Gasteiger partial charge in [0.25, 0.3) is 0 Å². The highest BCUT2D eigenvalue weighted by atomic mass is 32.2. The molecule has 2 nitrogen and oxygen atoms in total. The maximum absolute atomic E-state index is 11.5. The van der Waals surface area contributed by atoms with Crippen molar-refractivity contribution in [3.8, 4) is 0 Å². The van der Waals surface area contributed by atoms with E-state index in [2.05, 4.69) is 30.3 Å². The number of carboxylic acid groups (broad SMARTS) is 1. The van der Waals surface area contributed by atoms with Gasteiger partial charge in [0.1, 0.15) is 0 Å². The third-order valence-corrected chi connectivity index (χ3v) is 5.67. The van der Waals surface area contributed by atoms with E-state index in [0.29, 0.717) is 0 Å². The second kappa shape index (κ2) is 6.52. The summed E-state index contributed by atoms with van der Waals surface area (Å²) in [6.45, 7) is 0. The Balaban J connectivity index is 1.83. The van der Waals surface area contributed by atoms with E-state index < -0.39 is 5.97 Å². The van der Waals surface area contributed by atoms with Crippen molar-refractivity contribution < 1.29 is 9.90 Å². The van der Waals surface area contributed by atoms with Gasteiger partial charge in [0, 0.05) is 10.1 Å². The summed E-state index contributed by atoms with van der Waals surface area (Å²) in [5, 5.41) is 12.1. The van der Waals surface area contributed by atoms with Crippen LogP contribution in [0, 0.1) is 5.92 Å². The first kappa shape index (κ1) is 14.5. The first-order valence-corrected chi connectivity index (χ1v) is 8.50. The molecule has 1 N–H and O–H groups in total. The van der Waals surface area contributed by atoms with Crippen LogP contribution in [-0.4, -0.2) is 16.3 Å². The van der Waals surface area contributed by atoms with Crippen LogP contribution in [0.4, 0.5) is 0 Å². The van der Waals surface area contributed by atoms with E-state index in [1.807, 2.05) is 12.1 Å². The molecule has 0 amide bonds. The Morgan fingerprint density at radius 2 is 1.76 bits per heavy atom. The lowest BCUT2D eigenvalue weighted by atomic mass is 10.0. The molecule has 1 saturated carbocycles. The minimum Gasteiger partial charge on any atom is -0.481 e. The second-order valence-electron chi connectivity index (χ2n) is 5.75. The molecule has 2 aromatic rings. The molecule has 2 atom stereocenters. The van der Waals surface area contributed by atoms with Crippen molar-refractivity contribution in [2.24, 2.45) is 5.92 Å². The fourth-order valence-corrected chi connectivity index (χ4v) is 4.51. The first-order valence-electron chi connectivity index (χ1n) is 7.62. The van der Waals surface area contributed by atoms with Crippen molar-refractivity contribution >= 4 is 28.5 Å². The number of aliphatic carboxylic acids is 1. The van der Waals surface area contributed by atoms with Crippen molar-refractivity contribution in [3.63, 3.8) is 0 Å². The van der Waals surface area contributed by atoms with Crippen molar-refractivity contribution in [1.29, 1.82) is 0 Å². The normalized spacial score (nSPS) is 22.9. The number of fused-ring (bicyclic) bond motifs is 1. The Hall–Kier alpha value is -1.48. The fraction of sp³-hybridized carbons (Fsp3) is 0.389. The average Bonchev–Trinajstić information content (AvgIpc) is 2.72. The molecule has 2 unspecified atom stereocenters. The quantitative estimate of drug-likeness (QED) is 0.814. The maximum atomic E-state index is 11.5. The Labute approximate surface area is 129 Å². The van der Waals surface area contributed by atoms with Crippen LogP contribution in [0.2, 0.25) is 0 Å². The van der Waals surface area contributed by atoms with Crippen molar-refractivity contribution in [3.05, 3.63) is 42.5 Å². The minimum absolute atomic E-state index is 0.200. The molecular weight excluding hydrogens is 280 g/mol. The predicted molar refractivity (Wildman–Crippen MR) is 87.8 cm³/mol. The highest BCUT2D eigenvalue weighted by molar-refractivity contribution is 8.00. The van der Waals surface area contributed by atoms with Crippen molar-refractivity contribution in [2.75, 3.05) is 0 Å². The Morgan fingerprint density at radius 1 is 1.00 bits per heavy atom. The van der Waals surface area contributed by atoms with E-state index in [1.165, 1.54) is 22.1 Å². The van der Waals surface area contributed by atoms with E-state index >= 15 is 0 Å². The van der Waals surface area contributed by atoms with Gasteiger partial charge in [-0.3, -0.25) is 4.79 Å². The molecule has 0 radical (unpaired) electrons. The third kappa shape index (κ3) is 3.41. The highest BCUT2D eigenvalue weighted by Crippen LogP contribution is 2.37. The molecule has 3 rings (SSSR count). The van der Waals surface area contributed by atoms with Gasteiger partial charge < -0.3 is 5.11 Å². The van der Waals surface area contributed by atoms with Crippen LogP contribution < -0.4 is 0 Å². The predicted octanol–water partition coefficient (Wildman–Crippen LogP) is 4.97. The zero-order valence-electron chi connectivity index (χ0n) is 12.0. The number of rotatable bonds is 3. The average molecular weight is 300 g/mol. The SMILES string of the molecule is O=C(O)C1CCCCCC1Sc1ccc2ccccc2c1. The molecule has 2 aromatic carbocycles. The van der Waals surface area contributed by atoms with Crippen LogP contribution >= 0.6 is 11.8 Å². The Kier molecular flexibility index (Phi) is 4.49. The standard InChI is InChI=1S/C18H20O2S/c19-18(20)16-8-2-1-3-9-17(16)21-15-11-10-13-6-4-5-7-14(13)12-15/h4-7,10-12,16-17H,1-3,8-9H2,(H,19,20). The van der Waals surface area contributed by atoms with Crippen LogP contribution in [-0.2, 0) is 4.79 Å². The lowest BCUT2D eigenvalue weighted by Crippen LogP contribution is -2.24. The summed E-state index contributed by atoms with van der Waals surface area (Å²) in [7, 11) is 0. The molecule has 0 saturated heterocycles. The van der Waals surface area contributed by atoms with E-state index in [0.717, 1.165) is 25.7 Å². The highest BCUT2D eigenvalue weighted by Gasteiger charge is 2.30. The largest absolute Gasteiger partial charge is 0.481 e. The summed E-state index contributed by atoms with van der Waals surface area (Å²) < 4.78 is 0. The number of carboxylic acids is 1. The molecule has 1 fully saturated rings.